The Morgan fingerprint density at radius 1 is 1.39 bits per heavy atom. The molecule has 4 nitrogen and oxygen atoms in total. The van der Waals surface area contributed by atoms with Gasteiger partial charge in [0.2, 0.25) is 0 Å². The first-order valence-corrected chi connectivity index (χ1v) is 6.31. The highest BCUT2D eigenvalue weighted by Crippen LogP contribution is 2.28. The van der Waals surface area contributed by atoms with Gasteiger partial charge in [0.15, 0.2) is 0 Å². The van der Waals surface area contributed by atoms with Gasteiger partial charge in [-0.2, -0.15) is 0 Å². The number of carboxylic acids is 1. The lowest BCUT2D eigenvalue weighted by atomic mass is 9.95. The van der Waals surface area contributed by atoms with Gasteiger partial charge in [0.05, 0.1) is 6.10 Å². The number of rotatable bonds is 3. The third-order valence-electron chi connectivity index (χ3n) is 3.68. The first-order valence-electron chi connectivity index (χ1n) is 6.31. The van der Waals surface area contributed by atoms with Crippen molar-refractivity contribution in [3.05, 3.63) is 35.9 Å². The molecule has 1 aromatic rings. The summed E-state index contributed by atoms with van der Waals surface area (Å²) in [7, 11) is 0. The lowest BCUT2D eigenvalue weighted by Gasteiger charge is -2.39. The van der Waals surface area contributed by atoms with E-state index in [1.54, 1.807) is 0 Å². The third-order valence-corrected chi connectivity index (χ3v) is 3.68. The van der Waals surface area contributed by atoms with E-state index in [4.69, 9.17) is 0 Å². The Morgan fingerprint density at radius 2 is 2.06 bits per heavy atom. The molecule has 1 fully saturated rings. The molecule has 1 saturated heterocycles. The molecule has 0 saturated carbocycles. The molecule has 0 unspecified atom stereocenters. The molecule has 3 atom stereocenters. The Labute approximate surface area is 107 Å². The predicted octanol–water partition coefficient (Wildman–Crippen LogP) is 1.66. The molecule has 2 rings (SSSR count). The highest BCUT2D eigenvalue weighted by Gasteiger charge is 2.35. The van der Waals surface area contributed by atoms with Crippen molar-refractivity contribution in [1.29, 1.82) is 0 Å². The van der Waals surface area contributed by atoms with E-state index in [1.807, 2.05) is 42.2 Å². The van der Waals surface area contributed by atoms with Gasteiger partial charge in [-0.05, 0) is 25.3 Å². The monoisotopic (exact) mass is 249 g/mol. The molecule has 1 aromatic carbocycles. The smallest absolute Gasteiger partial charge is 0.321 e. The van der Waals surface area contributed by atoms with Gasteiger partial charge in [0.25, 0.3) is 0 Å². The summed E-state index contributed by atoms with van der Waals surface area (Å²) in [6, 6.07) is 9.35. The standard InChI is InChI=1S/C14H19NO3/c1-10(11-5-3-2-4-6-11)15-8-7-12(16)9-13(15)14(17)18/h2-6,10,12-13,16H,7-9H2,1H3,(H,17,18)/t10-,12+,13-/m0/s1. The van der Waals surface area contributed by atoms with Crippen LogP contribution in [-0.4, -0.2) is 39.8 Å². The van der Waals surface area contributed by atoms with E-state index in [-0.39, 0.29) is 6.04 Å². The maximum Gasteiger partial charge on any atom is 0.321 e. The van der Waals surface area contributed by atoms with Gasteiger partial charge in [-0.1, -0.05) is 30.3 Å². The molecule has 1 aliphatic rings. The SMILES string of the molecule is C[C@@H](c1ccccc1)N1CC[C@@H](O)C[C@H]1C(=O)O. The minimum absolute atomic E-state index is 0.0554. The first kappa shape index (κ1) is 13.1. The van der Waals surface area contributed by atoms with Crippen LogP contribution < -0.4 is 0 Å². The lowest BCUT2D eigenvalue weighted by Crippen LogP contribution is -2.49. The van der Waals surface area contributed by atoms with E-state index in [1.165, 1.54) is 0 Å². The fraction of sp³-hybridized carbons (Fsp3) is 0.500. The van der Waals surface area contributed by atoms with Gasteiger partial charge in [0.1, 0.15) is 6.04 Å². The number of aliphatic hydroxyl groups is 1. The van der Waals surface area contributed by atoms with Crippen molar-refractivity contribution < 1.29 is 15.0 Å². The van der Waals surface area contributed by atoms with Crippen molar-refractivity contribution in [2.45, 2.75) is 38.0 Å². The maximum absolute atomic E-state index is 11.3. The van der Waals surface area contributed by atoms with Crippen LogP contribution in [0.1, 0.15) is 31.4 Å². The summed E-state index contributed by atoms with van der Waals surface area (Å²) >= 11 is 0. The average Bonchev–Trinajstić information content (AvgIpc) is 2.39. The summed E-state index contributed by atoms with van der Waals surface area (Å²) in [4.78, 5) is 13.3. The van der Waals surface area contributed by atoms with Crippen LogP contribution in [0.5, 0.6) is 0 Å². The normalized spacial score (nSPS) is 26.8. The molecule has 0 spiro atoms. The molecule has 1 heterocycles. The fourth-order valence-electron chi connectivity index (χ4n) is 2.59. The van der Waals surface area contributed by atoms with Gasteiger partial charge >= 0.3 is 5.97 Å². The predicted molar refractivity (Wildman–Crippen MR) is 68.2 cm³/mol. The molecule has 0 amide bonds. The highest BCUT2D eigenvalue weighted by atomic mass is 16.4. The van der Waals surface area contributed by atoms with Gasteiger partial charge in [-0.15, -0.1) is 0 Å². The van der Waals surface area contributed by atoms with E-state index in [0.717, 1.165) is 5.56 Å². The lowest BCUT2D eigenvalue weighted by molar-refractivity contribution is -0.148. The Balaban J connectivity index is 2.17. The molecule has 0 aromatic heterocycles. The Bertz CT molecular complexity index is 407. The summed E-state index contributed by atoms with van der Waals surface area (Å²) in [6.07, 6.45) is 0.457. The van der Waals surface area contributed by atoms with Crippen LogP contribution in [0, 0.1) is 0 Å². The van der Waals surface area contributed by atoms with Crippen LogP contribution in [0.3, 0.4) is 0 Å². The average molecular weight is 249 g/mol. The molecule has 1 aliphatic heterocycles. The molecule has 98 valence electrons. The summed E-state index contributed by atoms with van der Waals surface area (Å²) in [6.45, 7) is 2.64. The number of likely N-dealkylation sites (tertiary alicyclic amines) is 1. The van der Waals surface area contributed by atoms with Crippen molar-refractivity contribution in [1.82, 2.24) is 4.90 Å². The van der Waals surface area contributed by atoms with Crippen LogP contribution >= 0.6 is 0 Å². The van der Waals surface area contributed by atoms with Crippen LogP contribution in [0.2, 0.25) is 0 Å². The van der Waals surface area contributed by atoms with Crippen LogP contribution in [0.25, 0.3) is 0 Å². The number of carboxylic acid groups (broad SMARTS) is 1. The number of piperidine rings is 1. The molecule has 0 aliphatic carbocycles. The van der Waals surface area contributed by atoms with Gasteiger partial charge in [0, 0.05) is 12.6 Å². The Hall–Kier alpha value is -1.39. The third kappa shape index (κ3) is 2.71. The summed E-state index contributed by atoms with van der Waals surface area (Å²) in [5.74, 6) is -0.850. The summed E-state index contributed by atoms with van der Waals surface area (Å²) in [5, 5.41) is 18.9. The molecule has 0 radical (unpaired) electrons. The van der Waals surface area contributed by atoms with Crippen molar-refractivity contribution in [3.63, 3.8) is 0 Å². The Kier molecular flexibility index (Phi) is 3.99. The zero-order chi connectivity index (χ0) is 13.1. The number of carbonyl (C=O) groups is 1. The van der Waals surface area contributed by atoms with E-state index in [9.17, 15) is 15.0 Å². The number of benzene rings is 1. The minimum Gasteiger partial charge on any atom is -0.480 e. The van der Waals surface area contributed by atoms with Crippen LogP contribution in [-0.2, 0) is 4.79 Å². The fourth-order valence-corrected chi connectivity index (χ4v) is 2.59. The van der Waals surface area contributed by atoms with Gasteiger partial charge < -0.3 is 10.2 Å². The van der Waals surface area contributed by atoms with Crippen LogP contribution in [0.15, 0.2) is 30.3 Å². The zero-order valence-electron chi connectivity index (χ0n) is 10.5. The van der Waals surface area contributed by atoms with E-state index < -0.39 is 18.1 Å². The second kappa shape index (κ2) is 5.50. The molecular formula is C14H19NO3. The minimum atomic E-state index is -0.850. The first-order chi connectivity index (χ1) is 8.59. The molecule has 0 bridgehead atoms. The second-order valence-electron chi connectivity index (χ2n) is 4.86. The summed E-state index contributed by atoms with van der Waals surface area (Å²) < 4.78 is 0. The molecule has 2 N–H and O–H groups in total. The van der Waals surface area contributed by atoms with Gasteiger partial charge in [-0.3, -0.25) is 9.69 Å². The zero-order valence-corrected chi connectivity index (χ0v) is 10.5. The molecule has 4 heteroatoms. The molecular weight excluding hydrogens is 230 g/mol. The van der Waals surface area contributed by atoms with E-state index in [0.29, 0.717) is 19.4 Å². The molecule has 18 heavy (non-hydrogen) atoms. The maximum atomic E-state index is 11.3. The van der Waals surface area contributed by atoms with E-state index in [2.05, 4.69) is 0 Å². The second-order valence-corrected chi connectivity index (χ2v) is 4.86. The van der Waals surface area contributed by atoms with Crippen molar-refractivity contribution in [2.24, 2.45) is 0 Å². The van der Waals surface area contributed by atoms with E-state index >= 15 is 0 Å². The summed E-state index contributed by atoms with van der Waals surface area (Å²) in [5.41, 5.74) is 1.11. The van der Waals surface area contributed by atoms with Crippen molar-refractivity contribution in [3.8, 4) is 0 Å². The van der Waals surface area contributed by atoms with Crippen LogP contribution in [0.4, 0.5) is 0 Å². The topological polar surface area (TPSA) is 60.8 Å². The quantitative estimate of drug-likeness (QED) is 0.855. The highest BCUT2D eigenvalue weighted by molar-refractivity contribution is 5.73. The number of aliphatic hydroxyl groups excluding tert-OH is 1. The van der Waals surface area contributed by atoms with Gasteiger partial charge in [-0.25, -0.2) is 0 Å². The van der Waals surface area contributed by atoms with Crippen molar-refractivity contribution >= 4 is 5.97 Å². The largest absolute Gasteiger partial charge is 0.480 e. The van der Waals surface area contributed by atoms with Crippen molar-refractivity contribution in [2.75, 3.05) is 6.54 Å². The number of nitrogens with zero attached hydrogens (tertiary/aromatic N) is 1. The number of hydrogen-bond acceptors (Lipinski definition) is 3. The Morgan fingerprint density at radius 3 is 2.67 bits per heavy atom. The number of hydrogen-bond donors (Lipinski definition) is 2. The number of aliphatic carboxylic acids is 1.